The van der Waals surface area contributed by atoms with Gasteiger partial charge in [0.05, 0.1) is 6.61 Å². The summed E-state index contributed by atoms with van der Waals surface area (Å²) >= 11 is 0. The van der Waals surface area contributed by atoms with Crippen LogP contribution in [0.25, 0.3) is 0 Å². The van der Waals surface area contributed by atoms with Gasteiger partial charge in [-0.1, -0.05) is 26.2 Å². The summed E-state index contributed by atoms with van der Waals surface area (Å²) in [4.78, 5) is 0. The standard InChI is InChI=1S/C14H27NO/c1-2-3-4-12-5-7-13(8-6-12)15-14-9-10-16-11-14/h12-15H,2-11H2,1H3. The first-order valence-electron chi connectivity index (χ1n) is 7.22. The Hall–Kier alpha value is -0.0800. The lowest BCUT2D eigenvalue weighted by Crippen LogP contribution is -2.40. The van der Waals surface area contributed by atoms with Crippen molar-refractivity contribution in [3.05, 3.63) is 0 Å². The minimum Gasteiger partial charge on any atom is -0.380 e. The second-order valence-electron chi connectivity index (χ2n) is 5.59. The van der Waals surface area contributed by atoms with Gasteiger partial charge in [-0.15, -0.1) is 0 Å². The highest BCUT2D eigenvalue weighted by molar-refractivity contribution is 4.82. The van der Waals surface area contributed by atoms with Gasteiger partial charge in [-0.25, -0.2) is 0 Å². The lowest BCUT2D eigenvalue weighted by molar-refractivity contribution is 0.183. The highest BCUT2D eigenvalue weighted by atomic mass is 16.5. The van der Waals surface area contributed by atoms with Crippen LogP contribution in [0.2, 0.25) is 0 Å². The van der Waals surface area contributed by atoms with E-state index in [2.05, 4.69) is 12.2 Å². The number of ether oxygens (including phenoxy) is 1. The molecule has 94 valence electrons. The first kappa shape index (κ1) is 12.4. The summed E-state index contributed by atoms with van der Waals surface area (Å²) in [6.45, 7) is 4.20. The Kier molecular flexibility index (Phi) is 5.11. The van der Waals surface area contributed by atoms with Crippen LogP contribution in [0.5, 0.6) is 0 Å². The van der Waals surface area contributed by atoms with Crippen LogP contribution in [-0.2, 0) is 4.74 Å². The maximum absolute atomic E-state index is 5.41. The van der Waals surface area contributed by atoms with E-state index in [0.29, 0.717) is 6.04 Å². The molecule has 1 aliphatic heterocycles. The van der Waals surface area contributed by atoms with Crippen molar-refractivity contribution < 1.29 is 4.74 Å². The third-order valence-corrected chi connectivity index (χ3v) is 4.21. The molecule has 0 amide bonds. The van der Waals surface area contributed by atoms with Gasteiger partial charge in [0.2, 0.25) is 0 Å². The quantitative estimate of drug-likeness (QED) is 0.776. The van der Waals surface area contributed by atoms with Crippen molar-refractivity contribution in [3.8, 4) is 0 Å². The van der Waals surface area contributed by atoms with Crippen molar-refractivity contribution in [3.63, 3.8) is 0 Å². The van der Waals surface area contributed by atoms with Crippen molar-refractivity contribution in [2.24, 2.45) is 5.92 Å². The zero-order chi connectivity index (χ0) is 11.2. The number of hydrogen-bond donors (Lipinski definition) is 1. The SMILES string of the molecule is CCCCC1CCC(NC2CCOC2)CC1. The molecule has 2 fully saturated rings. The van der Waals surface area contributed by atoms with E-state index in [0.717, 1.165) is 25.2 Å². The van der Waals surface area contributed by atoms with Gasteiger partial charge >= 0.3 is 0 Å². The molecule has 1 N–H and O–H groups in total. The summed E-state index contributed by atoms with van der Waals surface area (Å²) in [6, 6.07) is 1.43. The molecule has 0 aromatic heterocycles. The number of hydrogen-bond acceptors (Lipinski definition) is 2. The summed E-state index contributed by atoms with van der Waals surface area (Å²) in [5.74, 6) is 1.03. The van der Waals surface area contributed by atoms with Crippen LogP contribution in [0.4, 0.5) is 0 Å². The van der Waals surface area contributed by atoms with Crippen molar-refractivity contribution in [2.45, 2.75) is 70.4 Å². The third kappa shape index (κ3) is 3.74. The molecule has 1 aliphatic carbocycles. The van der Waals surface area contributed by atoms with E-state index >= 15 is 0 Å². The summed E-state index contributed by atoms with van der Waals surface area (Å²) in [5.41, 5.74) is 0. The molecule has 1 unspecified atom stereocenters. The van der Waals surface area contributed by atoms with Gasteiger partial charge in [0.25, 0.3) is 0 Å². The molecule has 1 heterocycles. The molecule has 2 aliphatic rings. The van der Waals surface area contributed by atoms with E-state index in [9.17, 15) is 0 Å². The van der Waals surface area contributed by atoms with Gasteiger partial charge in [0, 0.05) is 18.7 Å². The van der Waals surface area contributed by atoms with Crippen LogP contribution >= 0.6 is 0 Å². The van der Waals surface area contributed by atoms with Crippen molar-refractivity contribution in [2.75, 3.05) is 13.2 Å². The molecular formula is C14H27NO. The Morgan fingerprint density at radius 2 is 1.88 bits per heavy atom. The fourth-order valence-corrected chi connectivity index (χ4v) is 3.11. The fraction of sp³-hybridized carbons (Fsp3) is 1.00. The first-order valence-corrected chi connectivity index (χ1v) is 7.22. The smallest absolute Gasteiger partial charge is 0.0620 e. The summed E-state index contributed by atoms with van der Waals surface area (Å²) in [7, 11) is 0. The highest BCUT2D eigenvalue weighted by Gasteiger charge is 2.24. The van der Waals surface area contributed by atoms with Crippen molar-refractivity contribution in [1.29, 1.82) is 0 Å². The number of rotatable bonds is 5. The van der Waals surface area contributed by atoms with E-state index in [1.165, 1.54) is 51.4 Å². The summed E-state index contributed by atoms with van der Waals surface area (Å²) in [5, 5.41) is 3.77. The maximum atomic E-state index is 5.41. The molecule has 0 spiro atoms. The topological polar surface area (TPSA) is 21.3 Å². The van der Waals surface area contributed by atoms with Crippen LogP contribution in [0.1, 0.15) is 58.3 Å². The lowest BCUT2D eigenvalue weighted by Gasteiger charge is -2.30. The molecule has 2 heteroatoms. The zero-order valence-electron chi connectivity index (χ0n) is 10.7. The van der Waals surface area contributed by atoms with Crippen LogP contribution in [-0.4, -0.2) is 25.3 Å². The Morgan fingerprint density at radius 3 is 2.50 bits per heavy atom. The zero-order valence-corrected chi connectivity index (χ0v) is 10.7. The number of unbranched alkanes of at least 4 members (excludes halogenated alkanes) is 1. The molecule has 0 bridgehead atoms. The van der Waals surface area contributed by atoms with Gasteiger partial charge < -0.3 is 10.1 Å². The van der Waals surface area contributed by atoms with Crippen molar-refractivity contribution >= 4 is 0 Å². The molecule has 0 radical (unpaired) electrons. The van der Waals surface area contributed by atoms with E-state index in [4.69, 9.17) is 4.74 Å². The lowest BCUT2D eigenvalue weighted by atomic mass is 9.83. The second kappa shape index (κ2) is 6.61. The van der Waals surface area contributed by atoms with E-state index < -0.39 is 0 Å². The Labute approximate surface area is 100 Å². The molecule has 1 atom stereocenters. The molecular weight excluding hydrogens is 198 g/mol. The van der Waals surface area contributed by atoms with Crippen LogP contribution in [0.15, 0.2) is 0 Å². The van der Waals surface area contributed by atoms with Gasteiger partial charge in [0.1, 0.15) is 0 Å². The Bertz CT molecular complexity index is 181. The van der Waals surface area contributed by atoms with Crippen LogP contribution < -0.4 is 5.32 Å². The summed E-state index contributed by atoms with van der Waals surface area (Å²) < 4.78 is 5.41. The van der Waals surface area contributed by atoms with Crippen molar-refractivity contribution in [1.82, 2.24) is 5.32 Å². The molecule has 2 rings (SSSR count). The normalized spacial score (nSPS) is 35.4. The van der Waals surface area contributed by atoms with Crippen LogP contribution in [0.3, 0.4) is 0 Å². The monoisotopic (exact) mass is 225 g/mol. The molecule has 2 nitrogen and oxygen atoms in total. The minimum atomic E-state index is 0.650. The maximum Gasteiger partial charge on any atom is 0.0620 e. The van der Waals surface area contributed by atoms with Crippen LogP contribution in [0, 0.1) is 5.92 Å². The molecule has 1 saturated carbocycles. The van der Waals surface area contributed by atoms with Gasteiger partial charge in [-0.05, 0) is 38.0 Å². The first-order chi connectivity index (χ1) is 7.88. The Balaban J connectivity index is 1.60. The largest absolute Gasteiger partial charge is 0.380 e. The predicted molar refractivity (Wildman–Crippen MR) is 67.6 cm³/mol. The summed E-state index contributed by atoms with van der Waals surface area (Å²) in [6.07, 6.45) is 11.2. The molecule has 0 aromatic rings. The average molecular weight is 225 g/mol. The van der Waals surface area contributed by atoms with E-state index in [-0.39, 0.29) is 0 Å². The minimum absolute atomic E-state index is 0.650. The van der Waals surface area contributed by atoms with Gasteiger partial charge in [-0.2, -0.15) is 0 Å². The average Bonchev–Trinajstić information content (AvgIpc) is 2.81. The van der Waals surface area contributed by atoms with Gasteiger partial charge in [-0.3, -0.25) is 0 Å². The predicted octanol–water partition coefficient (Wildman–Crippen LogP) is 3.11. The molecule has 16 heavy (non-hydrogen) atoms. The highest BCUT2D eigenvalue weighted by Crippen LogP contribution is 2.28. The van der Waals surface area contributed by atoms with E-state index in [1.807, 2.05) is 0 Å². The van der Waals surface area contributed by atoms with Gasteiger partial charge in [0.15, 0.2) is 0 Å². The molecule has 0 aromatic carbocycles. The fourth-order valence-electron chi connectivity index (χ4n) is 3.11. The second-order valence-corrected chi connectivity index (χ2v) is 5.59. The Morgan fingerprint density at radius 1 is 1.06 bits per heavy atom. The molecule has 1 saturated heterocycles. The third-order valence-electron chi connectivity index (χ3n) is 4.21. The van der Waals surface area contributed by atoms with E-state index in [1.54, 1.807) is 0 Å². The number of nitrogens with one attached hydrogen (secondary N) is 1.